The molecule has 0 saturated carbocycles. The van der Waals surface area contributed by atoms with Crippen LogP contribution in [0.4, 0.5) is 0 Å². The second kappa shape index (κ2) is 4.44. The maximum Gasteiger partial charge on any atom is 0.301 e. The maximum absolute atomic E-state index is 5.19. The van der Waals surface area contributed by atoms with E-state index in [2.05, 4.69) is 25.9 Å². The molecule has 0 spiro atoms. The van der Waals surface area contributed by atoms with Gasteiger partial charge in [-0.2, -0.15) is 4.98 Å². The molecular weight excluding hydrogens is 258 g/mol. The van der Waals surface area contributed by atoms with Crippen LogP contribution in [0.5, 0.6) is 6.01 Å². The van der Waals surface area contributed by atoms with Gasteiger partial charge in [-0.3, -0.25) is 9.55 Å². The summed E-state index contributed by atoms with van der Waals surface area (Å²) in [5, 5.41) is 0.705. The first-order chi connectivity index (χ1) is 7.35. The molecule has 2 aromatic heterocycles. The van der Waals surface area contributed by atoms with Gasteiger partial charge in [-0.25, -0.2) is 0 Å². The van der Waals surface area contributed by atoms with Gasteiger partial charge in [-0.05, 0) is 12.1 Å². The van der Waals surface area contributed by atoms with Crippen molar-refractivity contribution in [2.75, 3.05) is 7.11 Å². The number of hydrogen-bond acceptors (Lipinski definition) is 3. The lowest BCUT2D eigenvalue weighted by molar-refractivity contribution is 0.373. The van der Waals surface area contributed by atoms with E-state index in [0.717, 1.165) is 11.4 Å². The number of rotatable bonds is 3. The number of methoxy groups -OCH3 is 1. The number of imidazole rings is 1. The second-order valence-electron chi connectivity index (χ2n) is 2.93. The van der Waals surface area contributed by atoms with E-state index in [1.165, 1.54) is 0 Å². The van der Waals surface area contributed by atoms with E-state index in [9.17, 15) is 0 Å². The van der Waals surface area contributed by atoms with Gasteiger partial charge in [0.05, 0.1) is 24.7 Å². The molecule has 0 bridgehead atoms. The van der Waals surface area contributed by atoms with E-state index in [-0.39, 0.29) is 0 Å². The smallest absolute Gasteiger partial charge is 0.301 e. The molecule has 0 aromatic carbocycles. The second-order valence-corrected chi connectivity index (χ2v) is 3.49. The van der Waals surface area contributed by atoms with Crippen molar-refractivity contribution in [3.63, 3.8) is 0 Å². The highest BCUT2D eigenvalue weighted by molar-refractivity contribution is 9.08. The molecule has 2 aromatic rings. The summed E-state index contributed by atoms with van der Waals surface area (Å²) in [4.78, 5) is 8.35. The first-order valence-electron chi connectivity index (χ1n) is 4.43. The Morgan fingerprint density at radius 3 is 3.00 bits per heavy atom. The number of ether oxygens (including phenoxy) is 1. The summed E-state index contributed by atoms with van der Waals surface area (Å²) in [6.07, 6.45) is 5.42. The summed E-state index contributed by atoms with van der Waals surface area (Å²) in [7, 11) is 1.60. The Bertz CT molecular complexity index is 441. The molecule has 0 atom stereocenters. The van der Waals surface area contributed by atoms with Gasteiger partial charge in [0.1, 0.15) is 0 Å². The van der Waals surface area contributed by atoms with Gasteiger partial charge in [-0.15, -0.1) is 0 Å². The molecule has 5 heteroatoms. The molecule has 0 aliphatic rings. The number of aromatic nitrogens is 3. The van der Waals surface area contributed by atoms with Crippen LogP contribution >= 0.6 is 15.9 Å². The van der Waals surface area contributed by atoms with Gasteiger partial charge < -0.3 is 4.74 Å². The first kappa shape index (κ1) is 10.2. The van der Waals surface area contributed by atoms with Crippen LogP contribution in [0.15, 0.2) is 30.7 Å². The van der Waals surface area contributed by atoms with Crippen LogP contribution in [-0.2, 0) is 5.33 Å². The van der Waals surface area contributed by atoms with E-state index < -0.39 is 0 Å². The molecule has 2 heterocycles. The Kier molecular flexibility index (Phi) is 3.01. The Morgan fingerprint density at radius 2 is 2.40 bits per heavy atom. The monoisotopic (exact) mass is 267 g/mol. The molecule has 0 radical (unpaired) electrons. The van der Waals surface area contributed by atoms with Crippen molar-refractivity contribution in [3.05, 3.63) is 36.4 Å². The van der Waals surface area contributed by atoms with Crippen LogP contribution in [0.2, 0.25) is 0 Å². The molecule has 0 aliphatic carbocycles. The van der Waals surface area contributed by atoms with Gasteiger partial charge in [-0.1, -0.05) is 15.9 Å². The highest BCUT2D eigenvalue weighted by Crippen LogP contribution is 2.18. The van der Waals surface area contributed by atoms with E-state index >= 15 is 0 Å². The SMILES string of the molecule is COc1nc(CBr)cn1-c1cccnc1. The summed E-state index contributed by atoms with van der Waals surface area (Å²) in [6.45, 7) is 0. The average molecular weight is 268 g/mol. The van der Waals surface area contributed by atoms with Crippen LogP contribution in [0.1, 0.15) is 5.69 Å². The quantitative estimate of drug-likeness (QED) is 0.801. The first-order valence-corrected chi connectivity index (χ1v) is 5.56. The molecule has 15 heavy (non-hydrogen) atoms. The molecular formula is C10H10BrN3O. The third-order valence-electron chi connectivity index (χ3n) is 1.97. The van der Waals surface area contributed by atoms with Gasteiger partial charge in [0.25, 0.3) is 0 Å². The number of pyridine rings is 1. The third-order valence-corrected chi connectivity index (χ3v) is 2.54. The van der Waals surface area contributed by atoms with Crippen LogP contribution in [0.3, 0.4) is 0 Å². The van der Waals surface area contributed by atoms with Crippen LogP contribution in [0, 0.1) is 0 Å². The Balaban J connectivity index is 2.47. The zero-order valence-electron chi connectivity index (χ0n) is 8.22. The minimum Gasteiger partial charge on any atom is -0.468 e. The molecule has 0 N–H and O–H groups in total. The van der Waals surface area contributed by atoms with Gasteiger partial charge in [0.2, 0.25) is 0 Å². The molecule has 78 valence electrons. The normalized spacial score (nSPS) is 10.3. The third kappa shape index (κ3) is 2.02. The van der Waals surface area contributed by atoms with Gasteiger partial charge in [0.15, 0.2) is 0 Å². The van der Waals surface area contributed by atoms with E-state index in [1.54, 1.807) is 19.5 Å². The number of hydrogen-bond donors (Lipinski definition) is 0. The summed E-state index contributed by atoms with van der Waals surface area (Å²) in [5.74, 6) is 0. The molecule has 0 saturated heterocycles. The Morgan fingerprint density at radius 1 is 1.53 bits per heavy atom. The van der Waals surface area contributed by atoms with Crippen molar-refractivity contribution >= 4 is 15.9 Å². The van der Waals surface area contributed by atoms with Crippen molar-refractivity contribution < 1.29 is 4.74 Å². The maximum atomic E-state index is 5.19. The highest BCUT2D eigenvalue weighted by Gasteiger charge is 2.08. The fraction of sp³-hybridized carbons (Fsp3) is 0.200. The van der Waals surface area contributed by atoms with Crippen molar-refractivity contribution in [1.29, 1.82) is 0 Å². The van der Waals surface area contributed by atoms with Gasteiger partial charge >= 0.3 is 6.01 Å². The Labute approximate surface area is 96.1 Å². The molecule has 0 fully saturated rings. The van der Waals surface area contributed by atoms with Crippen molar-refractivity contribution in [2.45, 2.75) is 5.33 Å². The summed E-state index contributed by atoms with van der Waals surface area (Å²) >= 11 is 3.36. The summed E-state index contributed by atoms with van der Waals surface area (Å²) in [5.41, 5.74) is 1.87. The molecule has 0 aliphatic heterocycles. The molecule has 0 amide bonds. The number of nitrogens with zero attached hydrogens (tertiary/aromatic N) is 3. The standard InChI is InChI=1S/C10H10BrN3O/c1-15-10-13-8(5-11)7-14(10)9-3-2-4-12-6-9/h2-4,6-7H,5H2,1H3. The van der Waals surface area contributed by atoms with Crippen molar-refractivity contribution in [1.82, 2.24) is 14.5 Å². The predicted octanol–water partition coefficient (Wildman–Crippen LogP) is 2.17. The van der Waals surface area contributed by atoms with Crippen molar-refractivity contribution in [3.8, 4) is 11.7 Å². The molecule has 4 nitrogen and oxygen atoms in total. The fourth-order valence-corrected chi connectivity index (χ4v) is 1.57. The van der Waals surface area contributed by atoms with E-state index in [1.807, 2.05) is 22.9 Å². The van der Waals surface area contributed by atoms with Crippen LogP contribution in [-0.4, -0.2) is 21.6 Å². The molecule has 0 unspecified atom stereocenters. The van der Waals surface area contributed by atoms with Gasteiger partial charge in [0, 0.05) is 17.7 Å². The highest BCUT2D eigenvalue weighted by atomic mass is 79.9. The minimum absolute atomic E-state index is 0.567. The Hall–Kier alpha value is -1.36. The average Bonchev–Trinajstić information content (AvgIpc) is 2.73. The predicted molar refractivity (Wildman–Crippen MR) is 60.5 cm³/mol. The van der Waals surface area contributed by atoms with E-state index in [4.69, 9.17) is 4.74 Å². The summed E-state index contributed by atoms with van der Waals surface area (Å²) in [6, 6.07) is 4.40. The number of alkyl halides is 1. The zero-order valence-corrected chi connectivity index (χ0v) is 9.81. The lowest BCUT2D eigenvalue weighted by atomic mass is 10.4. The lowest BCUT2D eigenvalue weighted by Crippen LogP contribution is -1.97. The summed E-state index contributed by atoms with van der Waals surface area (Å²) < 4.78 is 7.05. The molecule has 2 rings (SSSR count). The zero-order chi connectivity index (χ0) is 10.7. The van der Waals surface area contributed by atoms with Crippen LogP contribution < -0.4 is 4.74 Å². The topological polar surface area (TPSA) is 39.9 Å². The van der Waals surface area contributed by atoms with E-state index in [0.29, 0.717) is 11.3 Å². The fourth-order valence-electron chi connectivity index (χ4n) is 1.30. The number of halogens is 1. The largest absolute Gasteiger partial charge is 0.468 e. The lowest BCUT2D eigenvalue weighted by Gasteiger charge is -2.04. The van der Waals surface area contributed by atoms with Crippen molar-refractivity contribution in [2.24, 2.45) is 0 Å². The van der Waals surface area contributed by atoms with Crippen LogP contribution in [0.25, 0.3) is 5.69 Å². The minimum atomic E-state index is 0.567.